The normalized spacial score (nSPS) is 28.1. The summed E-state index contributed by atoms with van der Waals surface area (Å²) >= 11 is 2.01. The number of alkyl halides is 3. The molecule has 4 atom stereocenters. The summed E-state index contributed by atoms with van der Waals surface area (Å²) in [7, 11) is 0. The second kappa shape index (κ2) is 11.7. The number of carbonyl (C=O) groups is 1. The summed E-state index contributed by atoms with van der Waals surface area (Å²) in [5.41, 5.74) is 0.427. The molecule has 2 amide bonds. The molecule has 4 fully saturated rings. The number of fused-ring (bicyclic) bond motifs is 1. The van der Waals surface area contributed by atoms with E-state index in [9.17, 15) is 27.6 Å². The molecular weight excluding hydrogens is 564 g/mol. The molecular formula is C32H36F4N4OS. The van der Waals surface area contributed by atoms with Crippen LogP contribution < -0.4 is 5.32 Å². The molecule has 4 aliphatic rings. The highest BCUT2D eigenvalue weighted by Gasteiger charge is 2.58. The molecule has 0 radical (unpaired) electrons. The fourth-order valence-corrected chi connectivity index (χ4v) is 8.80. The van der Waals surface area contributed by atoms with Crippen molar-refractivity contribution in [2.45, 2.75) is 68.6 Å². The van der Waals surface area contributed by atoms with E-state index in [2.05, 4.69) is 22.4 Å². The number of anilines is 1. The number of nitrogens with zero attached hydrogens (tertiary/aromatic N) is 3. The molecule has 0 bridgehead atoms. The number of amides is 2. The van der Waals surface area contributed by atoms with E-state index in [4.69, 9.17) is 0 Å². The fraction of sp³-hybridized carbons (Fsp3) is 0.562. The molecule has 2 aliphatic carbocycles. The van der Waals surface area contributed by atoms with Gasteiger partial charge < -0.3 is 10.2 Å². The van der Waals surface area contributed by atoms with Gasteiger partial charge in [-0.3, -0.25) is 4.90 Å². The predicted octanol–water partition coefficient (Wildman–Crippen LogP) is 7.28. The van der Waals surface area contributed by atoms with Gasteiger partial charge in [-0.25, -0.2) is 9.18 Å². The minimum absolute atomic E-state index is 0.0310. The number of nitrogens with one attached hydrogen (secondary N) is 1. The number of carbonyl (C=O) groups excluding carboxylic acids is 1. The third-order valence-corrected chi connectivity index (χ3v) is 11.2. The highest BCUT2D eigenvalue weighted by Crippen LogP contribution is 2.63. The van der Waals surface area contributed by atoms with Gasteiger partial charge in [-0.1, -0.05) is 12.1 Å². The van der Waals surface area contributed by atoms with Crippen LogP contribution in [0.2, 0.25) is 0 Å². The molecule has 42 heavy (non-hydrogen) atoms. The standard InChI is InChI=1S/C32H36F4N4OS/c33-29-5-4-25(16-28(29)32(34,35)36)38-30(41)40(19-21-7-11-39(12-8-21)27-9-13-42-20-27)26-6-10-31(17-24(31)15-26)23-3-1-2-22(14-23)18-37/h1-5,14,16,21,24,26-27H,6-13,15,17,19-20H2,(H,38,41)/t24?,26-,27?,31+/m0/s1. The van der Waals surface area contributed by atoms with Gasteiger partial charge in [0.05, 0.1) is 17.2 Å². The van der Waals surface area contributed by atoms with Crippen molar-refractivity contribution >= 4 is 23.5 Å². The van der Waals surface area contributed by atoms with Gasteiger partial charge in [-0.2, -0.15) is 30.2 Å². The first-order valence-corrected chi connectivity index (χ1v) is 16.1. The number of rotatable bonds is 6. The Balaban J connectivity index is 1.17. The van der Waals surface area contributed by atoms with Crippen molar-refractivity contribution in [2.75, 3.05) is 36.5 Å². The van der Waals surface area contributed by atoms with E-state index < -0.39 is 23.6 Å². The lowest BCUT2D eigenvalue weighted by molar-refractivity contribution is -0.139. The van der Waals surface area contributed by atoms with Gasteiger partial charge in [0.15, 0.2) is 0 Å². The Morgan fingerprint density at radius 1 is 1.14 bits per heavy atom. The zero-order valence-electron chi connectivity index (χ0n) is 23.5. The third kappa shape index (κ3) is 6.00. The molecule has 2 aliphatic heterocycles. The highest BCUT2D eigenvalue weighted by molar-refractivity contribution is 7.99. The maximum Gasteiger partial charge on any atom is 0.419 e. The number of likely N-dealkylation sites (tertiary alicyclic amines) is 1. The van der Waals surface area contributed by atoms with Gasteiger partial charge in [-0.05, 0) is 117 Å². The van der Waals surface area contributed by atoms with Gasteiger partial charge in [0.2, 0.25) is 0 Å². The largest absolute Gasteiger partial charge is 0.419 e. The van der Waals surface area contributed by atoms with E-state index in [1.807, 2.05) is 34.9 Å². The summed E-state index contributed by atoms with van der Waals surface area (Å²) in [4.78, 5) is 18.2. The smallest absolute Gasteiger partial charge is 0.321 e. The molecule has 224 valence electrons. The summed E-state index contributed by atoms with van der Waals surface area (Å²) in [6.45, 7) is 2.56. The molecule has 5 nitrogen and oxygen atoms in total. The number of hydrogen-bond acceptors (Lipinski definition) is 4. The SMILES string of the molecule is N#Cc1cccc([C@]23CC[C@H](N(CC4CCN(C5CCSC5)CC4)C(=O)Nc4ccc(F)c(C(F)(F)F)c4)CC2C3)c1. The summed E-state index contributed by atoms with van der Waals surface area (Å²) in [5, 5.41) is 12.1. The van der Waals surface area contributed by atoms with E-state index in [1.54, 1.807) is 0 Å². The Morgan fingerprint density at radius 2 is 1.95 bits per heavy atom. The number of thioether (sulfide) groups is 1. The first kappa shape index (κ1) is 29.3. The first-order chi connectivity index (χ1) is 20.2. The van der Waals surface area contributed by atoms with E-state index in [1.165, 1.54) is 29.6 Å². The molecule has 0 spiro atoms. The molecule has 2 aromatic carbocycles. The molecule has 2 heterocycles. The van der Waals surface area contributed by atoms with Crippen molar-refractivity contribution in [3.05, 3.63) is 65.0 Å². The van der Waals surface area contributed by atoms with Crippen molar-refractivity contribution in [3.63, 3.8) is 0 Å². The number of urea groups is 1. The zero-order valence-corrected chi connectivity index (χ0v) is 24.3. The Hall–Kier alpha value is -2.77. The van der Waals surface area contributed by atoms with E-state index >= 15 is 0 Å². The lowest BCUT2D eigenvalue weighted by Gasteiger charge is -2.41. The van der Waals surface area contributed by atoms with E-state index in [0.717, 1.165) is 57.7 Å². The first-order valence-electron chi connectivity index (χ1n) is 14.9. The minimum atomic E-state index is -4.85. The fourth-order valence-electron chi connectivity index (χ4n) is 7.55. The topological polar surface area (TPSA) is 59.4 Å². The molecule has 2 saturated heterocycles. The summed E-state index contributed by atoms with van der Waals surface area (Å²) in [5.74, 6) is 1.74. The van der Waals surface area contributed by atoms with Crippen LogP contribution >= 0.6 is 11.8 Å². The van der Waals surface area contributed by atoms with Crippen LogP contribution in [0.4, 0.5) is 28.0 Å². The number of halogens is 4. The average molecular weight is 601 g/mol. The van der Waals surface area contributed by atoms with Gasteiger partial charge in [0, 0.05) is 30.1 Å². The second-order valence-electron chi connectivity index (χ2n) is 12.4. The molecule has 10 heteroatoms. The van der Waals surface area contributed by atoms with Crippen LogP contribution in [0.25, 0.3) is 0 Å². The van der Waals surface area contributed by atoms with Crippen molar-refractivity contribution in [2.24, 2.45) is 11.8 Å². The van der Waals surface area contributed by atoms with Gasteiger partial charge in [0.25, 0.3) is 0 Å². The molecule has 2 saturated carbocycles. The van der Waals surface area contributed by atoms with Crippen LogP contribution in [-0.2, 0) is 11.6 Å². The highest BCUT2D eigenvalue weighted by atomic mass is 32.2. The molecule has 2 aromatic rings. The Morgan fingerprint density at radius 3 is 2.64 bits per heavy atom. The quantitative estimate of drug-likeness (QED) is 0.354. The monoisotopic (exact) mass is 600 g/mol. The maximum atomic E-state index is 13.9. The average Bonchev–Trinajstić information content (AvgIpc) is 3.47. The Kier molecular flexibility index (Phi) is 8.18. The van der Waals surface area contributed by atoms with Gasteiger partial charge in [-0.15, -0.1) is 0 Å². The van der Waals surface area contributed by atoms with Gasteiger partial charge >= 0.3 is 12.2 Å². The van der Waals surface area contributed by atoms with E-state index in [-0.39, 0.29) is 17.1 Å². The van der Waals surface area contributed by atoms with Crippen molar-refractivity contribution < 1.29 is 22.4 Å². The second-order valence-corrected chi connectivity index (χ2v) is 13.6. The molecule has 1 N–H and O–H groups in total. The van der Waals surface area contributed by atoms with Crippen LogP contribution in [0.3, 0.4) is 0 Å². The summed E-state index contributed by atoms with van der Waals surface area (Å²) < 4.78 is 54.0. The lowest BCUT2D eigenvalue weighted by Crippen LogP contribution is -2.49. The molecule has 0 aromatic heterocycles. The summed E-state index contributed by atoms with van der Waals surface area (Å²) in [6, 6.07) is 12.9. The lowest BCUT2D eigenvalue weighted by atomic mass is 9.79. The number of nitriles is 1. The van der Waals surface area contributed by atoms with Crippen LogP contribution in [0.5, 0.6) is 0 Å². The zero-order chi connectivity index (χ0) is 29.5. The number of hydrogen-bond donors (Lipinski definition) is 1. The molecule has 2 unspecified atom stereocenters. The molecule has 6 rings (SSSR count). The Bertz CT molecular complexity index is 1350. The van der Waals surface area contributed by atoms with Crippen LogP contribution in [0, 0.1) is 29.0 Å². The van der Waals surface area contributed by atoms with Crippen molar-refractivity contribution in [1.82, 2.24) is 9.80 Å². The van der Waals surface area contributed by atoms with Gasteiger partial charge in [0.1, 0.15) is 5.82 Å². The summed E-state index contributed by atoms with van der Waals surface area (Å²) in [6.07, 6.45) is 1.87. The van der Waals surface area contributed by atoms with E-state index in [0.29, 0.717) is 36.1 Å². The Labute approximate surface area is 248 Å². The number of benzene rings is 2. The van der Waals surface area contributed by atoms with Crippen LogP contribution in [0.15, 0.2) is 42.5 Å². The minimum Gasteiger partial charge on any atom is -0.321 e. The van der Waals surface area contributed by atoms with Crippen molar-refractivity contribution in [1.29, 1.82) is 5.26 Å². The number of piperidine rings is 1. The van der Waals surface area contributed by atoms with Crippen LogP contribution in [0.1, 0.15) is 61.6 Å². The third-order valence-electron chi connectivity index (χ3n) is 10.0. The maximum absolute atomic E-state index is 13.9. The van der Waals surface area contributed by atoms with Crippen LogP contribution in [-0.4, -0.2) is 59.1 Å². The predicted molar refractivity (Wildman–Crippen MR) is 156 cm³/mol. The van der Waals surface area contributed by atoms with Crippen molar-refractivity contribution in [3.8, 4) is 6.07 Å².